The van der Waals surface area contributed by atoms with E-state index in [9.17, 15) is 9.59 Å². The van der Waals surface area contributed by atoms with Crippen LogP contribution in [0, 0.1) is 11.8 Å². The van der Waals surface area contributed by atoms with Crippen LogP contribution in [-0.2, 0) is 9.59 Å². The maximum atomic E-state index is 13.1. The maximum Gasteiger partial charge on any atom is 0.245 e. The number of nitrogens with zero attached hydrogens (tertiary/aromatic N) is 2. The standard InChI is InChI=1S/C17H23Cl6N3O2S/c1-9(16(18,19)20)7-12(25-13(27)8-10(2)17(21,22)23)15(28)26(4)11(3)14-24-5-6-29-14/h5-6,9-12H,7-8H2,1-4H3,(H,25,27)/t9-,10-,11?,12?/m0/s1. The van der Waals surface area contributed by atoms with E-state index in [0.717, 1.165) is 5.01 Å². The van der Waals surface area contributed by atoms with Crippen molar-refractivity contribution in [2.45, 2.75) is 53.3 Å². The van der Waals surface area contributed by atoms with Gasteiger partial charge < -0.3 is 10.2 Å². The molecule has 2 amide bonds. The Balaban J connectivity index is 2.97. The summed E-state index contributed by atoms with van der Waals surface area (Å²) in [5.74, 6) is -1.82. The predicted octanol–water partition coefficient (Wildman–Crippen LogP) is 5.94. The molecule has 0 saturated carbocycles. The van der Waals surface area contributed by atoms with Gasteiger partial charge in [0.15, 0.2) is 7.59 Å². The Labute approximate surface area is 205 Å². The molecule has 0 bridgehead atoms. The van der Waals surface area contributed by atoms with Crippen molar-refractivity contribution in [2.24, 2.45) is 11.8 Å². The minimum Gasteiger partial charge on any atom is -0.344 e. The lowest BCUT2D eigenvalue weighted by atomic mass is 10.0. The number of aromatic nitrogens is 1. The zero-order valence-corrected chi connectivity index (χ0v) is 21.6. The molecule has 0 spiro atoms. The fourth-order valence-electron chi connectivity index (χ4n) is 2.40. The van der Waals surface area contributed by atoms with Gasteiger partial charge in [0.25, 0.3) is 0 Å². The SMILES string of the molecule is CC(c1nccs1)N(C)C(=O)C(C[C@H](C)C(Cl)(Cl)Cl)NC(=O)C[C@H](C)C(Cl)(Cl)Cl. The van der Waals surface area contributed by atoms with Gasteiger partial charge in [-0.15, -0.1) is 11.3 Å². The number of nitrogens with one attached hydrogen (secondary N) is 1. The number of hydrogen-bond acceptors (Lipinski definition) is 4. The monoisotopic (exact) mass is 543 g/mol. The predicted molar refractivity (Wildman–Crippen MR) is 123 cm³/mol. The van der Waals surface area contributed by atoms with E-state index in [0.29, 0.717) is 0 Å². The van der Waals surface area contributed by atoms with E-state index in [1.54, 1.807) is 27.1 Å². The van der Waals surface area contributed by atoms with E-state index in [1.807, 2.05) is 12.3 Å². The molecule has 0 radical (unpaired) electrons. The molecule has 0 fully saturated rings. The van der Waals surface area contributed by atoms with Crippen molar-refractivity contribution < 1.29 is 9.59 Å². The second-order valence-electron chi connectivity index (χ2n) is 6.94. The van der Waals surface area contributed by atoms with Crippen molar-refractivity contribution in [3.63, 3.8) is 0 Å². The van der Waals surface area contributed by atoms with Crippen LogP contribution >= 0.6 is 80.9 Å². The lowest BCUT2D eigenvalue weighted by Crippen LogP contribution is -2.49. The fraction of sp³-hybridized carbons (Fsp3) is 0.706. The minimum atomic E-state index is -1.60. The fourth-order valence-corrected chi connectivity index (χ4v) is 3.64. The number of carbonyl (C=O) groups excluding carboxylic acids is 2. The second kappa shape index (κ2) is 11.3. The largest absolute Gasteiger partial charge is 0.344 e. The Kier molecular flexibility index (Phi) is 10.6. The molecule has 0 saturated heterocycles. The van der Waals surface area contributed by atoms with Crippen LogP contribution in [0.5, 0.6) is 0 Å². The summed E-state index contributed by atoms with van der Waals surface area (Å²) in [6.45, 7) is 5.16. The van der Waals surface area contributed by atoms with E-state index in [4.69, 9.17) is 69.6 Å². The zero-order valence-electron chi connectivity index (χ0n) is 16.3. The van der Waals surface area contributed by atoms with E-state index >= 15 is 0 Å². The first-order chi connectivity index (χ1) is 13.1. The smallest absolute Gasteiger partial charge is 0.245 e. The number of amides is 2. The highest BCUT2D eigenvalue weighted by molar-refractivity contribution is 7.09. The van der Waals surface area contributed by atoms with Crippen LogP contribution in [-0.4, -0.2) is 42.4 Å². The van der Waals surface area contributed by atoms with Crippen LogP contribution in [0.2, 0.25) is 0 Å². The Hall–Kier alpha value is 0.310. The summed E-state index contributed by atoms with van der Waals surface area (Å²) in [5, 5.41) is 5.30. The summed E-state index contributed by atoms with van der Waals surface area (Å²) in [7, 11) is 1.64. The third-order valence-corrected chi connectivity index (χ3v) is 7.75. The zero-order chi connectivity index (χ0) is 22.6. The van der Waals surface area contributed by atoms with Gasteiger partial charge in [0, 0.05) is 36.9 Å². The summed E-state index contributed by atoms with van der Waals surface area (Å²) in [6, 6.07) is -1.20. The molecule has 0 aliphatic rings. The average Bonchev–Trinajstić information content (AvgIpc) is 3.11. The van der Waals surface area contributed by atoms with Crippen molar-refractivity contribution in [3.05, 3.63) is 16.6 Å². The molecule has 2 unspecified atom stereocenters. The number of thiazole rings is 1. The molecule has 4 atom stereocenters. The third kappa shape index (κ3) is 8.76. The van der Waals surface area contributed by atoms with Crippen molar-refractivity contribution in [1.82, 2.24) is 15.2 Å². The Morgan fingerprint density at radius 1 is 1.10 bits per heavy atom. The van der Waals surface area contributed by atoms with Gasteiger partial charge in [-0.1, -0.05) is 83.5 Å². The molecular weight excluding hydrogens is 523 g/mol. The lowest BCUT2D eigenvalue weighted by Gasteiger charge is -2.31. The van der Waals surface area contributed by atoms with E-state index < -0.39 is 31.4 Å². The first kappa shape index (κ1) is 27.3. The Bertz CT molecular complexity index is 678. The van der Waals surface area contributed by atoms with Crippen LogP contribution in [0.3, 0.4) is 0 Å². The van der Waals surface area contributed by atoms with Crippen LogP contribution in [0.15, 0.2) is 11.6 Å². The van der Waals surface area contributed by atoms with Crippen molar-refractivity contribution in [2.75, 3.05) is 7.05 Å². The summed E-state index contributed by atoms with van der Waals surface area (Å²) in [4.78, 5) is 31.4. The second-order valence-corrected chi connectivity index (χ2v) is 12.6. The molecule has 1 rings (SSSR count). The van der Waals surface area contributed by atoms with Gasteiger partial charge in [-0.3, -0.25) is 9.59 Å². The van der Waals surface area contributed by atoms with Gasteiger partial charge in [0.2, 0.25) is 11.8 Å². The highest BCUT2D eigenvalue weighted by Crippen LogP contribution is 2.38. The molecule has 5 nitrogen and oxygen atoms in total. The number of rotatable bonds is 8. The molecule has 0 aliphatic heterocycles. The maximum absolute atomic E-state index is 13.1. The summed E-state index contributed by atoms with van der Waals surface area (Å²) >= 11 is 36.9. The van der Waals surface area contributed by atoms with Crippen LogP contribution in [0.4, 0.5) is 0 Å². The molecule has 1 aromatic rings. The molecule has 0 aliphatic carbocycles. The van der Waals surface area contributed by atoms with Crippen molar-refractivity contribution in [3.8, 4) is 0 Å². The first-order valence-electron chi connectivity index (χ1n) is 8.73. The molecule has 12 heteroatoms. The van der Waals surface area contributed by atoms with E-state index in [-0.39, 0.29) is 24.8 Å². The van der Waals surface area contributed by atoms with Gasteiger partial charge >= 0.3 is 0 Å². The first-order valence-corrected chi connectivity index (χ1v) is 11.9. The molecule has 166 valence electrons. The van der Waals surface area contributed by atoms with Gasteiger partial charge in [0.05, 0.1) is 6.04 Å². The number of alkyl halides is 6. The van der Waals surface area contributed by atoms with E-state index in [2.05, 4.69) is 10.3 Å². The van der Waals surface area contributed by atoms with Crippen LogP contribution < -0.4 is 5.32 Å². The number of hydrogen-bond donors (Lipinski definition) is 1. The van der Waals surface area contributed by atoms with Gasteiger partial charge in [-0.25, -0.2) is 4.98 Å². The number of halogens is 6. The summed E-state index contributed by atoms with van der Waals surface area (Å²) in [6.07, 6.45) is 1.71. The topological polar surface area (TPSA) is 62.3 Å². The highest BCUT2D eigenvalue weighted by Gasteiger charge is 2.37. The number of likely N-dealkylation sites (N-methyl/N-ethyl adjacent to an activating group) is 1. The minimum absolute atomic E-state index is 0.0752. The Morgan fingerprint density at radius 2 is 1.66 bits per heavy atom. The summed E-state index contributed by atoms with van der Waals surface area (Å²) < 4.78 is -3.19. The normalized spacial score (nSPS) is 16.6. The van der Waals surface area contributed by atoms with Crippen molar-refractivity contribution in [1.29, 1.82) is 0 Å². The van der Waals surface area contributed by atoms with Gasteiger partial charge in [-0.05, 0) is 13.3 Å². The molecule has 1 aromatic heterocycles. The van der Waals surface area contributed by atoms with Gasteiger partial charge in [-0.2, -0.15) is 0 Å². The Morgan fingerprint density at radius 3 is 2.10 bits per heavy atom. The third-order valence-electron chi connectivity index (χ3n) is 4.57. The molecular formula is C17H23Cl6N3O2S. The number of carbonyl (C=O) groups is 2. The summed E-state index contributed by atoms with van der Waals surface area (Å²) in [5.41, 5.74) is 0. The van der Waals surface area contributed by atoms with Crippen molar-refractivity contribution >= 4 is 92.8 Å². The van der Waals surface area contributed by atoms with Gasteiger partial charge in [0.1, 0.15) is 11.0 Å². The van der Waals surface area contributed by atoms with Crippen LogP contribution in [0.1, 0.15) is 44.7 Å². The highest BCUT2D eigenvalue weighted by atomic mass is 35.6. The molecule has 1 N–H and O–H groups in total. The van der Waals surface area contributed by atoms with E-state index in [1.165, 1.54) is 16.2 Å². The average molecular weight is 546 g/mol. The molecule has 0 aromatic carbocycles. The molecule has 29 heavy (non-hydrogen) atoms. The quantitative estimate of drug-likeness (QED) is 0.411. The molecule has 1 heterocycles. The lowest BCUT2D eigenvalue weighted by molar-refractivity contribution is -0.137. The van der Waals surface area contributed by atoms with Crippen LogP contribution in [0.25, 0.3) is 0 Å².